The van der Waals surface area contributed by atoms with Crippen molar-refractivity contribution in [2.24, 2.45) is 0 Å². The van der Waals surface area contributed by atoms with E-state index in [0.717, 1.165) is 19.3 Å². The van der Waals surface area contributed by atoms with Crippen molar-refractivity contribution in [3.63, 3.8) is 0 Å². The van der Waals surface area contributed by atoms with Crippen LogP contribution in [0.25, 0.3) is 0 Å². The monoisotopic (exact) mass is 183 g/mol. The number of aromatic nitrogens is 1. The Morgan fingerprint density at radius 3 is 2.54 bits per heavy atom. The number of unbranched alkanes of at least 4 members (excludes halogenated alkanes) is 4. The first-order valence-corrected chi connectivity index (χ1v) is 5.11. The zero-order chi connectivity index (χ0) is 9.36. The molecule has 1 aromatic rings. The summed E-state index contributed by atoms with van der Waals surface area (Å²) in [7, 11) is 0. The highest BCUT2D eigenvalue weighted by Gasteiger charge is 1.93. The van der Waals surface area contributed by atoms with Gasteiger partial charge in [0.1, 0.15) is 0 Å². The third kappa shape index (κ3) is 4.71. The van der Waals surface area contributed by atoms with Crippen LogP contribution in [-0.2, 0) is 6.42 Å². The van der Waals surface area contributed by atoms with Gasteiger partial charge in [-0.1, -0.05) is 19.3 Å². The number of aryl methyl sites for hydroxylation is 1. The van der Waals surface area contributed by atoms with E-state index in [-0.39, 0.29) is 6.67 Å². The van der Waals surface area contributed by atoms with Crippen LogP contribution in [0.3, 0.4) is 0 Å². The van der Waals surface area contributed by atoms with E-state index < -0.39 is 0 Å². The topological polar surface area (TPSA) is 15.8 Å². The van der Waals surface area contributed by atoms with E-state index in [2.05, 4.69) is 11.1 Å². The predicted octanol–water partition coefficient (Wildman–Crippen LogP) is 3.48. The van der Waals surface area contributed by atoms with Crippen molar-refractivity contribution in [3.8, 4) is 0 Å². The molecule has 0 saturated carbocycles. The normalized spacial score (nSPS) is 10.5. The van der Waals surface area contributed by atoms with E-state index in [9.17, 15) is 4.39 Å². The maximum absolute atomic E-state index is 11.7. The standard InChI is InChI=1S/C11H18FN/c12-9-5-3-1-2-4-7-11-8-6-10-13-11/h6,8,10,13H,1-5,7,9H2. The fourth-order valence-corrected chi connectivity index (χ4v) is 1.46. The Kier molecular flexibility index (Phi) is 5.30. The summed E-state index contributed by atoms with van der Waals surface area (Å²) in [6.45, 7) is -0.156. The summed E-state index contributed by atoms with van der Waals surface area (Å²) in [6.07, 6.45) is 8.47. The first-order chi connectivity index (χ1) is 6.43. The van der Waals surface area contributed by atoms with Crippen molar-refractivity contribution >= 4 is 0 Å². The van der Waals surface area contributed by atoms with E-state index in [1.54, 1.807) is 0 Å². The third-order valence-corrected chi connectivity index (χ3v) is 2.24. The molecule has 2 heteroatoms. The van der Waals surface area contributed by atoms with Crippen LogP contribution in [0.2, 0.25) is 0 Å². The second-order valence-corrected chi connectivity index (χ2v) is 3.40. The fourth-order valence-electron chi connectivity index (χ4n) is 1.46. The lowest BCUT2D eigenvalue weighted by atomic mass is 10.1. The molecule has 0 atom stereocenters. The van der Waals surface area contributed by atoms with Crippen LogP contribution in [0.5, 0.6) is 0 Å². The number of hydrogen-bond acceptors (Lipinski definition) is 0. The van der Waals surface area contributed by atoms with Gasteiger partial charge >= 0.3 is 0 Å². The van der Waals surface area contributed by atoms with Crippen LogP contribution in [0.1, 0.15) is 37.8 Å². The second kappa shape index (κ2) is 6.70. The minimum Gasteiger partial charge on any atom is -0.365 e. The largest absolute Gasteiger partial charge is 0.365 e. The average Bonchev–Trinajstić information content (AvgIpc) is 2.63. The number of nitrogens with one attached hydrogen (secondary N) is 1. The summed E-state index contributed by atoms with van der Waals surface area (Å²) < 4.78 is 11.7. The maximum atomic E-state index is 11.7. The van der Waals surface area contributed by atoms with Crippen LogP contribution >= 0.6 is 0 Å². The lowest BCUT2D eigenvalue weighted by Gasteiger charge is -1.98. The molecular formula is C11H18FN. The first-order valence-electron chi connectivity index (χ1n) is 5.11. The highest BCUT2D eigenvalue weighted by atomic mass is 19.1. The molecule has 0 spiro atoms. The van der Waals surface area contributed by atoms with Crippen LogP contribution in [0.4, 0.5) is 4.39 Å². The maximum Gasteiger partial charge on any atom is 0.0894 e. The number of halogens is 1. The zero-order valence-electron chi connectivity index (χ0n) is 8.06. The Morgan fingerprint density at radius 2 is 1.85 bits per heavy atom. The number of aromatic amines is 1. The van der Waals surface area contributed by atoms with Gasteiger partial charge in [0.25, 0.3) is 0 Å². The van der Waals surface area contributed by atoms with E-state index in [1.807, 2.05) is 12.3 Å². The molecule has 1 rings (SSSR count). The van der Waals surface area contributed by atoms with Crippen molar-refractivity contribution in [1.82, 2.24) is 4.98 Å². The smallest absolute Gasteiger partial charge is 0.0894 e. The van der Waals surface area contributed by atoms with E-state index in [0.29, 0.717) is 0 Å². The number of hydrogen-bond donors (Lipinski definition) is 1. The van der Waals surface area contributed by atoms with Gasteiger partial charge in [-0.15, -0.1) is 0 Å². The van der Waals surface area contributed by atoms with E-state index in [1.165, 1.54) is 25.0 Å². The molecular weight excluding hydrogens is 165 g/mol. The van der Waals surface area contributed by atoms with Crippen molar-refractivity contribution in [2.45, 2.75) is 38.5 Å². The highest BCUT2D eigenvalue weighted by Crippen LogP contribution is 2.07. The van der Waals surface area contributed by atoms with Gasteiger partial charge < -0.3 is 4.98 Å². The van der Waals surface area contributed by atoms with Gasteiger partial charge in [0.15, 0.2) is 0 Å². The van der Waals surface area contributed by atoms with Crippen LogP contribution in [0, 0.1) is 0 Å². The summed E-state index contributed by atoms with van der Waals surface area (Å²) >= 11 is 0. The van der Waals surface area contributed by atoms with Gasteiger partial charge in [-0.3, -0.25) is 4.39 Å². The molecule has 0 aliphatic heterocycles. The molecule has 0 aromatic carbocycles. The SMILES string of the molecule is FCCCCCCCc1ccc[nH]1. The molecule has 0 radical (unpaired) electrons. The summed E-state index contributed by atoms with van der Waals surface area (Å²) in [5.41, 5.74) is 1.31. The Morgan fingerprint density at radius 1 is 1.08 bits per heavy atom. The first kappa shape index (κ1) is 10.3. The van der Waals surface area contributed by atoms with Gasteiger partial charge in [0.2, 0.25) is 0 Å². The summed E-state index contributed by atoms with van der Waals surface area (Å²) in [5.74, 6) is 0. The quantitative estimate of drug-likeness (QED) is 0.623. The third-order valence-electron chi connectivity index (χ3n) is 2.24. The molecule has 13 heavy (non-hydrogen) atoms. The Balaban J connectivity index is 1.90. The summed E-state index contributed by atoms with van der Waals surface area (Å²) in [6, 6.07) is 4.14. The van der Waals surface area contributed by atoms with Crippen molar-refractivity contribution in [2.75, 3.05) is 6.67 Å². The lowest BCUT2D eigenvalue weighted by molar-refractivity contribution is 0.451. The Labute approximate surface area is 79.4 Å². The van der Waals surface area contributed by atoms with Gasteiger partial charge in [-0.25, -0.2) is 0 Å². The minimum absolute atomic E-state index is 0.156. The molecule has 1 N–H and O–H groups in total. The van der Waals surface area contributed by atoms with E-state index >= 15 is 0 Å². The zero-order valence-corrected chi connectivity index (χ0v) is 8.06. The van der Waals surface area contributed by atoms with Crippen molar-refractivity contribution in [1.29, 1.82) is 0 Å². The molecule has 0 unspecified atom stereocenters. The summed E-state index contributed by atoms with van der Waals surface area (Å²) in [5, 5.41) is 0. The Hall–Kier alpha value is -0.790. The number of rotatable bonds is 7. The van der Waals surface area contributed by atoms with E-state index in [4.69, 9.17) is 0 Å². The van der Waals surface area contributed by atoms with Crippen LogP contribution in [0.15, 0.2) is 18.3 Å². The van der Waals surface area contributed by atoms with Crippen molar-refractivity contribution in [3.05, 3.63) is 24.0 Å². The molecule has 1 heterocycles. The van der Waals surface area contributed by atoms with Gasteiger partial charge in [0, 0.05) is 11.9 Å². The Bertz CT molecular complexity index is 194. The second-order valence-electron chi connectivity index (χ2n) is 3.40. The molecule has 0 saturated heterocycles. The molecule has 74 valence electrons. The van der Waals surface area contributed by atoms with Gasteiger partial charge in [-0.2, -0.15) is 0 Å². The molecule has 0 amide bonds. The molecule has 0 aliphatic carbocycles. The highest BCUT2D eigenvalue weighted by molar-refractivity contribution is 5.03. The van der Waals surface area contributed by atoms with Gasteiger partial charge in [-0.05, 0) is 31.4 Å². The number of alkyl halides is 1. The molecule has 1 nitrogen and oxygen atoms in total. The van der Waals surface area contributed by atoms with Crippen LogP contribution in [-0.4, -0.2) is 11.7 Å². The molecule has 0 bridgehead atoms. The number of H-pyrrole nitrogens is 1. The van der Waals surface area contributed by atoms with Crippen LogP contribution < -0.4 is 0 Å². The minimum atomic E-state index is -0.156. The van der Waals surface area contributed by atoms with Crippen molar-refractivity contribution < 1.29 is 4.39 Å². The molecule has 1 aromatic heterocycles. The molecule has 0 fully saturated rings. The van der Waals surface area contributed by atoms with Gasteiger partial charge in [0.05, 0.1) is 6.67 Å². The molecule has 0 aliphatic rings. The average molecular weight is 183 g/mol. The predicted molar refractivity (Wildman–Crippen MR) is 53.6 cm³/mol. The fraction of sp³-hybridized carbons (Fsp3) is 0.636. The summed E-state index contributed by atoms with van der Waals surface area (Å²) in [4.78, 5) is 3.18. The lowest BCUT2D eigenvalue weighted by Crippen LogP contribution is -1.86.